The molecule has 0 radical (unpaired) electrons. The van der Waals surface area contributed by atoms with Crippen LogP contribution in [0, 0.1) is 10.1 Å². The van der Waals surface area contributed by atoms with E-state index >= 15 is 0 Å². The number of hydrogen-bond acceptors (Lipinski definition) is 4. The Morgan fingerprint density at radius 2 is 2.05 bits per heavy atom. The first-order valence-corrected chi connectivity index (χ1v) is 5.40. The van der Waals surface area contributed by atoms with Gasteiger partial charge in [0.2, 0.25) is 0 Å². The van der Waals surface area contributed by atoms with Crippen LogP contribution in [0.3, 0.4) is 0 Å². The lowest BCUT2D eigenvalue weighted by molar-refractivity contribution is -0.514. The van der Waals surface area contributed by atoms with Gasteiger partial charge in [0.1, 0.15) is 5.69 Å². The van der Waals surface area contributed by atoms with E-state index in [1.807, 2.05) is 0 Å². The summed E-state index contributed by atoms with van der Waals surface area (Å²) in [6, 6.07) is 5.79. The molecule has 1 N–H and O–H groups in total. The Hall–Kier alpha value is -2.83. The summed E-state index contributed by atoms with van der Waals surface area (Å²) in [5.74, 6) is -0.980. The van der Waals surface area contributed by atoms with Gasteiger partial charge < -0.3 is 5.11 Å². The van der Waals surface area contributed by atoms with Gasteiger partial charge in [0.25, 0.3) is 5.69 Å². The molecule has 0 bridgehead atoms. The van der Waals surface area contributed by atoms with Crippen molar-refractivity contribution >= 4 is 17.3 Å². The summed E-state index contributed by atoms with van der Waals surface area (Å²) in [4.78, 5) is 20.7. The summed E-state index contributed by atoms with van der Waals surface area (Å²) in [6.07, 6.45) is 4.53. The molecule has 19 heavy (non-hydrogen) atoms. The fourth-order valence-electron chi connectivity index (χ4n) is 1.51. The average Bonchev–Trinajstić information content (AvgIpc) is 2.40. The van der Waals surface area contributed by atoms with Gasteiger partial charge in [-0.1, -0.05) is 4.70 Å². The molecule has 0 atom stereocenters. The highest BCUT2D eigenvalue weighted by Crippen LogP contribution is 2.18. The van der Waals surface area contributed by atoms with E-state index in [4.69, 9.17) is 5.11 Å². The van der Waals surface area contributed by atoms with Crippen LogP contribution in [0.5, 0.6) is 0 Å². The van der Waals surface area contributed by atoms with E-state index in [9.17, 15) is 14.9 Å². The number of nitrogens with zero attached hydrogens (tertiary/aromatic N) is 3. The average molecular weight is 260 g/mol. The molecule has 0 amide bonds. The molecule has 7 heteroatoms. The molecule has 0 saturated heterocycles. The van der Waals surface area contributed by atoms with Crippen molar-refractivity contribution in [2.45, 2.75) is 0 Å². The molecule has 0 saturated carbocycles. The van der Waals surface area contributed by atoms with Crippen LogP contribution in [0.4, 0.5) is 11.4 Å². The zero-order valence-corrected chi connectivity index (χ0v) is 9.76. The van der Waals surface area contributed by atoms with Crippen molar-refractivity contribution < 1.29 is 19.5 Å². The predicted molar refractivity (Wildman–Crippen MR) is 65.2 cm³/mol. The summed E-state index contributed by atoms with van der Waals surface area (Å²) in [6.45, 7) is 0.342. The van der Waals surface area contributed by atoms with Gasteiger partial charge in [-0.15, -0.1) is 0 Å². The highest BCUT2D eigenvalue weighted by molar-refractivity contribution is 5.89. The van der Waals surface area contributed by atoms with Crippen molar-refractivity contribution in [2.75, 3.05) is 6.54 Å². The lowest BCUT2D eigenvalue weighted by atomic mass is 10.2. The Balaban J connectivity index is 2.14. The number of carbonyl (C=O) groups is 1. The van der Waals surface area contributed by atoms with Crippen LogP contribution < -0.4 is 0 Å². The highest BCUT2D eigenvalue weighted by atomic mass is 16.6. The van der Waals surface area contributed by atoms with Gasteiger partial charge in [0.15, 0.2) is 12.7 Å². The van der Waals surface area contributed by atoms with E-state index in [2.05, 4.69) is 5.11 Å². The molecular formula is C12H10N3O4+. The zero-order chi connectivity index (χ0) is 13.8. The van der Waals surface area contributed by atoms with Gasteiger partial charge in [-0.2, -0.15) is 0 Å². The van der Waals surface area contributed by atoms with Gasteiger partial charge in [0.05, 0.1) is 10.5 Å². The van der Waals surface area contributed by atoms with Crippen molar-refractivity contribution in [1.29, 1.82) is 0 Å². The Bertz CT molecular complexity index is 614. The van der Waals surface area contributed by atoms with E-state index in [1.54, 1.807) is 10.9 Å². The lowest BCUT2D eigenvalue weighted by Crippen LogP contribution is -2.10. The maximum absolute atomic E-state index is 10.7. The van der Waals surface area contributed by atoms with Crippen molar-refractivity contribution in [2.24, 2.45) is 5.11 Å². The Kier molecular flexibility index (Phi) is 3.46. The standard InChI is InChI=1S/C12H9N3O4/c16-12(17)9-5-7-14(8-6-9)13-10-1-3-11(4-2-10)15(18)19/h1-7H,8H2/p+1. The van der Waals surface area contributed by atoms with E-state index in [0.29, 0.717) is 12.2 Å². The summed E-state index contributed by atoms with van der Waals surface area (Å²) < 4.78 is 1.55. The fourth-order valence-corrected chi connectivity index (χ4v) is 1.51. The number of nitro groups is 1. The third kappa shape index (κ3) is 3.09. The summed E-state index contributed by atoms with van der Waals surface area (Å²) in [5.41, 5.74) is 0.777. The number of rotatable bonds is 3. The number of carboxylic acid groups (broad SMARTS) is 1. The molecule has 0 fully saturated rings. The van der Waals surface area contributed by atoms with Crippen molar-refractivity contribution in [3.05, 3.63) is 58.3 Å². The van der Waals surface area contributed by atoms with Crippen LogP contribution >= 0.6 is 0 Å². The first kappa shape index (κ1) is 12.6. The van der Waals surface area contributed by atoms with Crippen LogP contribution in [0.25, 0.3) is 0 Å². The number of benzene rings is 1. The quantitative estimate of drug-likeness (QED) is 0.512. The minimum absolute atomic E-state index is 0.00111. The van der Waals surface area contributed by atoms with Gasteiger partial charge in [0, 0.05) is 18.2 Å². The number of aliphatic carboxylic acids is 1. The minimum atomic E-state index is -0.980. The van der Waals surface area contributed by atoms with Crippen molar-refractivity contribution in [3.8, 4) is 0 Å². The van der Waals surface area contributed by atoms with Crippen LogP contribution in [0.15, 0.2) is 53.3 Å². The molecule has 0 aromatic heterocycles. The number of non-ortho nitro benzene ring substituents is 1. The number of hydrogen-bond donors (Lipinski definition) is 1. The summed E-state index contributed by atoms with van der Waals surface area (Å²) in [7, 11) is 0. The zero-order valence-electron chi connectivity index (χ0n) is 9.76. The molecule has 7 nitrogen and oxygen atoms in total. The van der Waals surface area contributed by atoms with Gasteiger partial charge in [-0.25, -0.2) is 4.79 Å². The second-order valence-electron chi connectivity index (χ2n) is 3.78. The smallest absolute Gasteiger partial charge is 0.335 e. The molecule has 1 aromatic carbocycles. The third-order valence-electron chi connectivity index (χ3n) is 2.48. The normalized spacial score (nSPS) is 16.2. The van der Waals surface area contributed by atoms with Crippen molar-refractivity contribution in [3.63, 3.8) is 0 Å². The molecule has 0 unspecified atom stereocenters. The monoisotopic (exact) mass is 260 g/mol. The fraction of sp³-hybridized carbons (Fsp3) is 0.0833. The molecular weight excluding hydrogens is 250 g/mol. The van der Waals surface area contributed by atoms with E-state index in [1.165, 1.54) is 36.4 Å². The predicted octanol–water partition coefficient (Wildman–Crippen LogP) is 2.23. The van der Waals surface area contributed by atoms with Gasteiger partial charge >= 0.3 is 5.97 Å². The Morgan fingerprint density at radius 1 is 1.37 bits per heavy atom. The number of azo groups is 2. The van der Waals surface area contributed by atoms with Gasteiger partial charge in [-0.05, 0) is 23.3 Å². The largest absolute Gasteiger partial charge is 0.478 e. The number of carboxylic acids is 1. The van der Waals surface area contributed by atoms with Crippen LogP contribution in [-0.2, 0) is 4.79 Å². The molecule has 0 spiro atoms. The van der Waals surface area contributed by atoms with Crippen LogP contribution in [-0.4, -0.2) is 27.2 Å². The number of nitro benzene ring substituents is 1. The van der Waals surface area contributed by atoms with E-state index in [0.717, 1.165) is 0 Å². The molecule has 0 aliphatic carbocycles. The Labute approximate surface area is 108 Å². The molecule has 96 valence electrons. The second-order valence-corrected chi connectivity index (χ2v) is 3.78. The maximum Gasteiger partial charge on any atom is 0.335 e. The van der Waals surface area contributed by atoms with Crippen LogP contribution in [0.1, 0.15) is 0 Å². The molecule has 1 aliphatic heterocycles. The summed E-state index contributed by atoms with van der Waals surface area (Å²) >= 11 is 0. The van der Waals surface area contributed by atoms with Crippen molar-refractivity contribution in [1.82, 2.24) is 0 Å². The molecule has 2 rings (SSSR count). The minimum Gasteiger partial charge on any atom is -0.478 e. The first-order valence-electron chi connectivity index (χ1n) is 5.40. The topological polar surface area (TPSA) is 95.8 Å². The Morgan fingerprint density at radius 3 is 2.53 bits per heavy atom. The second kappa shape index (κ2) is 5.21. The van der Waals surface area contributed by atoms with Gasteiger partial charge in [-0.3, -0.25) is 10.1 Å². The molecule has 1 aromatic rings. The van der Waals surface area contributed by atoms with Crippen LogP contribution in [0.2, 0.25) is 0 Å². The summed E-state index contributed by atoms with van der Waals surface area (Å²) in [5, 5.41) is 23.5. The maximum atomic E-state index is 10.7. The lowest BCUT2D eigenvalue weighted by Gasteiger charge is -1.99. The third-order valence-corrected chi connectivity index (χ3v) is 2.48. The van der Waals surface area contributed by atoms with E-state index in [-0.39, 0.29) is 11.3 Å². The molecule has 1 heterocycles. The highest BCUT2D eigenvalue weighted by Gasteiger charge is 2.13. The van der Waals surface area contributed by atoms with E-state index < -0.39 is 10.9 Å². The molecule has 1 aliphatic rings. The first-order chi connectivity index (χ1) is 9.06. The SMILES string of the molecule is O=C(O)C1=CC[N+](=Nc2ccc([N+](=O)[O-])cc2)C=C1.